The molecule has 4 nitrogen and oxygen atoms in total. The number of nitrogens with two attached hydrogens (primary N) is 1. The number of rotatable bonds is 1. The van der Waals surface area contributed by atoms with E-state index in [0.717, 1.165) is 12.8 Å². The van der Waals surface area contributed by atoms with Crippen molar-refractivity contribution in [1.29, 1.82) is 0 Å². The van der Waals surface area contributed by atoms with E-state index in [1.165, 1.54) is 0 Å². The predicted octanol–water partition coefficient (Wildman–Crippen LogP) is 0.796. The maximum Gasteiger partial charge on any atom is 0.314 e. The molecule has 0 aliphatic carbocycles. The first-order chi connectivity index (χ1) is 6.24. The Balaban J connectivity index is 0.000000671. The molecule has 1 aliphatic heterocycles. The van der Waals surface area contributed by atoms with Gasteiger partial charge in [0.15, 0.2) is 0 Å². The number of likely N-dealkylation sites (tertiary alicyclic amines) is 1. The number of piperidine rings is 1. The van der Waals surface area contributed by atoms with Crippen molar-refractivity contribution in [2.24, 2.45) is 11.7 Å². The van der Waals surface area contributed by atoms with Gasteiger partial charge in [-0.2, -0.15) is 0 Å². The number of urea groups is 1. The van der Waals surface area contributed by atoms with Crippen molar-refractivity contribution in [1.82, 2.24) is 4.90 Å². The summed E-state index contributed by atoms with van der Waals surface area (Å²) in [7, 11) is 0. The van der Waals surface area contributed by atoms with Gasteiger partial charge in [-0.05, 0) is 18.8 Å². The molecule has 0 spiro atoms. The van der Waals surface area contributed by atoms with Crippen molar-refractivity contribution in [3.05, 3.63) is 0 Å². The fourth-order valence-electron chi connectivity index (χ4n) is 1.34. The van der Waals surface area contributed by atoms with E-state index in [0.29, 0.717) is 19.0 Å². The molecular formula is C9H20N2O2. The van der Waals surface area contributed by atoms with Crippen molar-refractivity contribution in [3.8, 4) is 0 Å². The van der Waals surface area contributed by atoms with Gasteiger partial charge in [-0.1, -0.05) is 13.8 Å². The highest BCUT2D eigenvalue weighted by Gasteiger charge is 2.19. The lowest BCUT2D eigenvalue weighted by molar-refractivity contribution is 0.142. The molecule has 2 amide bonds. The zero-order valence-electron chi connectivity index (χ0n) is 8.49. The minimum Gasteiger partial charge on any atom is -0.396 e. The van der Waals surface area contributed by atoms with Gasteiger partial charge in [0.1, 0.15) is 0 Å². The summed E-state index contributed by atoms with van der Waals surface area (Å²) in [6.45, 7) is 5.62. The minimum atomic E-state index is -0.346. The van der Waals surface area contributed by atoms with Crippen LogP contribution in [0.15, 0.2) is 0 Å². The Morgan fingerprint density at radius 1 is 1.46 bits per heavy atom. The summed E-state index contributed by atoms with van der Waals surface area (Å²) in [6.07, 6.45) is 1.75. The molecule has 0 bridgehead atoms. The first-order valence-corrected chi connectivity index (χ1v) is 4.89. The van der Waals surface area contributed by atoms with E-state index in [1.54, 1.807) is 4.90 Å². The third kappa shape index (κ3) is 4.12. The quantitative estimate of drug-likeness (QED) is 0.639. The number of carbonyl (C=O) groups is 1. The highest BCUT2D eigenvalue weighted by molar-refractivity contribution is 5.72. The topological polar surface area (TPSA) is 66.6 Å². The van der Waals surface area contributed by atoms with Gasteiger partial charge in [0.25, 0.3) is 0 Å². The molecule has 13 heavy (non-hydrogen) atoms. The van der Waals surface area contributed by atoms with Crippen LogP contribution in [0.4, 0.5) is 4.79 Å². The standard InChI is InChI=1S/C7H14N2O2.C2H6/c8-7(11)9-3-1-6(5-10)2-4-9;1-2/h6,10H,1-5H2,(H2,8,11);1-2H3. The molecule has 1 aliphatic rings. The van der Waals surface area contributed by atoms with Crippen LogP contribution in [0.5, 0.6) is 0 Å². The number of aliphatic hydroxyl groups excluding tert-OH is 1. The Morgan fingerprint density at radius 2 is 1.92 bits per heavy atom. The molecule has 0 saturated carbocycles. The van der Waals surface area contributed by atoms with Crippen LogP contribution < -0.4 is 5.73 Å². The molecular weight excluding hydrogens is 168 g/mol. The molecule has 0 aromatic heterocycles. The number of primary amides is 1. The van der Waals surface area contributed by atoms with E-state index in [2.05, 4.69) is 0 Å². The second kappa shape index (κ2) is 6.71. The van der Waals surface area contributed by atoms with Gasteiger partial charge in [0, 0.05) is 19.7 Å². The number of carbonyl (C=O) groups excluding carboxylic acids is 1. The van der Waals surface area contributed by atoms with Crippen LogP contribution in [0.3, 0.4) is 0 Å². The van der Waals surface area contributed by atoms with Crippen LogP contribution in [0, 0.1) is 5.92 Å². The van der Waals surface area contributed by atoms with Crippen molar-refractivity contribution in [2.45, 2.75) is 26.7 Å². The van der Waals surface area contributed by atoms with Gasteiger partial charge in [-0.15, -0.1) is 0 Å². The summed E-state index contributed by atoms with van der Waals surface area (Å²) in [6, 6.07) is -0.346. The number of hydrogen-bond acceptors (Lipinski definition) is 2. The Kier molecular flexibility index (Phi) is 6.32. The van der Waals surface area contributed by atoms with Gasteiger partial charge in [0.05, 0.1) is 0 Å². The first kappa shape index (κ1) is 12.2. The zero-order valence-corrected chi connectivity index (χ0v) is 8.49. The maximum atomic E-state index is 10.6. The molecule has 1 heterocycles. The molecule has 0 atom stereocenters. The van der Waals surface area contributed by atoms with Crippen LogP contribution in [-0.2, 0) is 0 Å². The average Bonchev–Trinajstić information content (AvgIpc) is 2.21. The third-order valence-corrected chi connectivity index (χ3v) is 2.18. The fourth-order valence-corrected chi connectivity index (χ4v) is 1.34. The number of nitrogens with zero attached hydrogens (tertiary/aromatic N) is 1. The molecule has 1 rings (SSSR count). The molecule has 0 unspecified atom stereocenters. The maximum absolute atomic E-state index is 10.6. The smallest absolute Gasteiger partial charge is 0.314 e. The monoisotopic (exact) mass is 188 g/mol. The normalized spacial score (nSPS) is 17.6. The highest BCUT2D eigenvalue weighted by atomic mass is 16.3. The molecule has 3 N–H and O–H groups in total. The van der Waals surface area contributed by atoms with Gasteiger partial charge < -0.3 is 15.7 Å². The van der Waals surface area contributed by atoms with Crippen molar-refractivity contribution in [3.63, 3.8) is 0 Å². The second-order valence-electron chi connectivity index (χ2n) is 2.95. The second-order valence-corrected chi connectivity index (χ2v) is 2.95. The first-order valence-electron chi connectivity index (χ1n) is 4.89. The Hall–Kier alpha value is -0.770. The molecule has 78 valence electrons. The van der Waals surface area contributed by atoms with Crippen LogP contribution >= 0.6 is 0 Å². The van der Waals surface area contributed by atoms with Gasteiger partial charge >= 0.3 is 6.03 Å². The van der Waals surface area contributed by atoms with Gasteiger partial charge in [0.2, 0.25) is 0 Å². The molecule has 1 fully saturated rings. The van der Waals surface area contributed by atoms with Crippen LogP contribution in [0.25, 0.3) is 0 Å². The third-order valence-electron chi connectivity index (χ3n) is 2.18. The largest absolute Gasteiger partial charge is 0.396 e. The SMILES string of the molecule is CC.NC(=O)N1CCC(CO)CC1. The Labute approximate surface area is 79.7 Å². The fraction of sp³-hybridized carbons (Fsp3) is 0.889. The lowest BCUT2D eigenvalue weighted by Crippen LogP contribution is -2.42. The van der Waals surface area contributed by atoms with Crippen molar-refractivity contribution >= 4 is 6.03 Å². The van der Waals surface area contributed by atoms with Crippen molar-refractivity contribution < 1.29 is 9.90 Å². The van der Waals surface area contributed by atoms with Gasteiger partial charge in [-0.3, -0.25) is 0 Å². The van der Waals surface area contributed by atoms with E-state index in [9.17, 15) is 4.79 Å². The summed E-state index contributed by atoms with van der Waals surface area (Å²) in [4.78, 5) is 12.3. The number of hydrogen-bond donors (Lipinski definition) is 2. The summed E-state index contributed by atoms with van der Waals surface area (Å²) >= 11 is 0. The average molecular weight is 188 g/mol. The lowest BCUT2D eigenvalue weighted by Gasteiger charge is -2.29. The summed E-state index contributed by atoms with van der Waals surface area (Å²) in [5.41, 5.74) is 5.08. The number of amides is 2. The summed E-state index contributed by atoms with van der Waals surface area (Å²) < 4.78 is 0. The highest BCUT2D eigenvalue weighted by Crippen LogP contribution is 2.15. The summed E-state index contributed by atoms with van der Waals surface area (Å²) in [5, 5.41) is 8.78. The zero-order chi connectivity index (χ0) is 10.3. The van der Waals surface area contributed by atoms with E-state index in [1.807, 2.05) is 13.8 Å². The minimum absolute atomic E-state index is 0.229. The summed E-state index contributed by atoms with van der Waals surface area (Å²) in [5.74, 6) is 0.366. The number of aliphatic hydroxyl groups is 1. The van der Waals surface area contributed by atoms with Crippen LogP contribution in [0.2, 0.25) is 0 Å². The van der Waals surface area contributed by atoms with Crippen LogP contribution in [-0.4, -0.2) is 35.7 Å². The van der Waals surface area contributed by atoms with Crippen molar-refractivity contribution in [2.75, 3.05) is 19.7 Å². The predicted molar refractivity (Wildman–Crippen MR) is 52.3 cm³/mol. The molecule has 1 saturated heterocycles. The van der Waals surface area contributed by atoms with E-state index in [-0.39, 0.29) is 12.6 Å². The van der Waals surface area contributed by atoms with E-state index < -0.39 is 0 Å². The molecule has 0 radical (unpaired) electrons. The Bertz CT molecular complexity index is 143. The van der Waals surface area contributed by atoms with E-state index in [4.69, 9.17) is 10.8 Å². The van der Waals surface area contributed by atoms with Gasteiger partial charge in [-0.25, -0.2) is 4.79 Å². The molecule has 4 heteroatoms. The molecule has 0 aromatic carbocycles. The Morgan fingerprint density at radius 3 is 2.23 bits per heavy atom. The van der Waals surface area contributed by atoms with E-state index >= 15 is 0 Å². The lowest BCUT2D eigenvalue weighted by atomic mass is 9.98. The molecule has 0 aromatic rings. The van der Waals surface area contributed by atoms with Crippen LogP contribution in [0.1, 0.15) is 26.7 Å².